The van der Waals surface area contributed by atoms with Crippen molar-refractivity contribution in [3.05, 3.63) is 18.2 Å². The molecule has 1 rings (SSSR count). The quantitative estimate of drug-likeness (QED) is 0.390. The third kappa shape index (κ3) is 6.16. The molecule has 0 bridgehead atoms. The summed E-state index contributed by atoms with van der Waals surface area (Å²) in [5.41, 5.74) is 0. The Balaban J connectivity index is 3.60. The highest BCUT2D eigenvalue weighted by Crippen LogP contribution is 2.49. The molecule has 0 aliphatic carbocycles. The van der Waals surface area contributed by atoms with Crippen molar-refractivity contribution in [2.45, 2.75) is 117 Å². The van der Waals surface area contributed by atoms with E-state index in [-0.39, 0.29) is 15.1 Å². The molecule has 0 atom stereocenters. The lowest BCUT2D eigenvalue weighted by atomic mass is 10.2. The average molecular weight is 469 g/mol. The van der Waals surface area contributed by atoms with E-state index in [2.05, 4.69) is 114 Å². The van der Waals surface area contributed by atoms with Crippen LogP contribution in [0.4, 0.5) is 0 Å². The summed E-state index contributed by atoms with van der Waals surface area (Å²) in [6.45, 7) is 34.1. The van der Waals surface area contributed by atoms with Gasteiger partial charge in [-0.25, -0.2) is 0 Å². The predicted octanol–water partition coefficient (Wildman–Crippen LogP) is 8.84. The molecule has 3 nitrogen and oxygen atoms in total. The standard InChI is InChI=1S/C24H48O3Si3/c1-22(2,3)28(10,11)25-19-17-16-18-20(26-29(12,13)23(4,5)6)21(19)27-30(14,15)24(7,8)9/h16-18H,1-15H3. The second kappa shape index (κ2) is 8.32. The molecular formula is C24H48O3Si3. The molecular weight excluding hydrogens is 421 g/mol. The summed E-state index contributed by atoms with van der Waals surface area (Å²) < 4.78 is 20.4. The van der Waals surface area contributed by atoms with Gasteiger partial charge in [0.25, 0.3) is 25.0 Å². The molecule has 0 aliphatic rings. The van der Waals surface area contributed by atoms with E-state index in [0.717, 1.165) is 17.2 Å². The first-order chi connectivity index (χ1) is 13.0. The fourth-order valence-corrected chi connectivity index (χ4v) is 5.07. The van der Waals surface area contributed by atoms with Gasteiger partial charge in [0.15, 0.2) is 5.75 Å². The largest absolute Gasteiger partial charge is 0.541 e. The smallest absolute Gasteiger partial charge is 0.250 e. The van der Waals surface area contributed by atoms with Gasteiger partial charge in [-0.3, -0.25) is 0 Å². The maximum Gasteiger partial charge on any atom is 0.250 e. The van der Waals surface area contributed by atoms with Crippen molar-refractivity contribution in [1.29, 1.82) is 0 Å². The Kier molecular flexibility index (Phi) is 7.57. The molecule has 1 aromatic carbocycles. The molecule has 0 saturated carbocycles. The van der Waals surface area contributed by atoms with E-state index < -0.39 is 25.0 Å². The molecule has 0 aliphatic heterocycles. The SMILES string of the molecule is CC(C)(C)[Si](C)(C)Oc1cccc(O[Si](C)(C)C(C)(C)C)c1O[Si](C)(C)C(C)(C)C. The van der Waals surface area contributed by atoms with Crippen molar-refractivity contribution in [2.75, 3.05) is 0 Å². The summed E-state index contributed by atoms with van der Waals surface area (Å²) in [6.07, 6.45) is 0. The molecule has 0 unspecified atom stereocenters. The van der Waals surface area contributed by atoms with Gasteiger partial charge in [-0.05, 0) is 66.5 Å². The van der Waals surface area contributed by atoms with Gasteiger partial charge in [0.05, 0.1) is 0 Å². The maximum absolute atomic E-state index is 6.88. The van der Waals surface area contributed by atoms with Crippen LogP contribution in [0.15, 0.2) is 18.2 Å². The van der Waals surface area contributed by atoms with Crippen LogP contribution in [0, 0.1) is 0 Å². The summed E-state index contributed by atoms with van der Waals surface area (Å²) in [4.78, 5) is 0. The van der Waals surface area contributed by atoms with Gasteiger partial charge in [-0.15, -0.1) is 0 Å². The Morgan fingerprint density at radius 2 is 0.767 bits per heavy atom. The number of hydrogen-bond acceptors (Lipinski definition) is 3. The first-order valence-electron chi connectivity index (χ1n) is 11.2. The lowest BCUT2D eigenvalue weighted by Crippen LogP contribution is -2.47. The molecule has 0 saturated heterocycles. The Morgan fingerprint density at radius 3 is 1.03 bits per heavy atom. The van der Waals surface area contributed by atoms with Gasteiger partial charge in [0, 0.05) is 0 Å². The van der Waals surface area contributed by atoms with Gasteiger partial charge in [-0.2, -0.15) is 0 Å². The lowest BCUT2D eigenvalue weighted by Gasteiger charge is -2.41. The molecule has 174 valence electrons. The van der Waals surface area contributed by atoms with E-state index in [1.54, 1.807) is 0 Å². The lowest BCUT2D eigenvalue weighted by molar-refractivity contribution is 0.412. The summed E-state index contributed by atoms with van der Waals surface area (Å²) in [6, 6.07) is 6.16. The van der Waals surface area contributed by atoms with Gasteiger partial charge >= 0.3 is 0 Å². The van der Waals surface area contributed by atoms with Crippen LogP contribution in [0.3, 0.4) is 0 Å². The first-order valence-corrected chi connectivity index (χ1v) is 19.9. The van der Waals surface area contributed by atoms with Crippen molar-refractivity contribution >= 4 is 25.0 Å². The molecule has 0 N–H and O–H groups in total. The van der Waals surface area contributed by atoms with Crippen LogP contribution in [0.2, 0.25) is 54.4 Å². The third-order valence-electron chi connectivity index (χ3n) is 7.45. The molecule has 30 heavy (non-hydrogen) atoms. The second-order valence-corrected chi connectivity index (χ2v) is 27.3. The second-order valence-electron chi connectivity index (χ2n) is 13.2. The Bertz CT molecular complexity index is 687. The fourth-order valence-electron chi connectivity index (χ4n) is 2.02. The van der Waals surface area contributed by atoms with E-state index in [0.29, 0.717) is 0 Å². The zero-order valence-corrected chi connectivity index (χ0v) is 25.5. The molecule has 0 heterocycles. The van der Waals surface area contributed by atoms with Crippen LogP contribution in [0.25, 0.3) is 0 Å². The minimum atomic E-state index is -2.08. The van der Waals surface area contributed by atoms with Crippen molar-refractivity contribution in [3.63, 3.8) is 0 Å². The highest BCUT2D eigenvalue weighted by Gasteiger charge is 2.44. The van der Waals surface area contributed by atoms with E-state index in [4.69, 9.17) is 13.3 Å². The van der Waals surface area contributed by atoms with Crippen LogP contribution in [-0.4, -0.2) is 25.0 Å². The number of para-hydroxylation sites is 1. The van der Waals surface area contributed by atoms with Crippen LogP contribution in [0.1, 0.15) is 62.3 Å². The Labute approximate surface area is 190 Å². The zero-order valence-electron chi connectivity index (χ0n) is 22.5. The van der Waals surface area contributed by atoms with E-state index in [1.807, 2.05) is 6.07 Å². The summed E-state index contributed by atoms with van der Waals surface area (Å²) in [5.74, 6) is 2.48. The maximum atomic E-state index is 6.88. The van der Waals surface area contributed by atoms with Crippen LogP contribution < -0.4 is 13.3 Å². The molecule has 0 radical (unpaired) electrons. The van der Waals surface area contributed by atoms with Crippen LogP contribution in [0.5, 0.6) is 17.2 Å². The number of rotatable bonds is 6. The minimum absolute atomic E-state index is 0.0886. The van der Waals surface area contributed by atoms with Crippen molar-refractivity contribution in [3.8, 4) is 17.2 Å². The third-order valence-corrected chi connectivity index (χ3v) is 20.5. The normalized spacial score (nSPS) is 14.5. The molecule has 1 aromatic rings. The predicted molar refractivity (Wildman–Crippen MR) is 140 cm³/mol. The highest BCUT2D eigenvalue weighted by atomic mass is 28.4. The summed E-state index contributed by atoms with van der Waals surface area (Å²) in [5, 5.41) is 0.306. The molecule has 0 amide bonds. The summed E-state index contributed by atoms with van der Waals surface area (Å²) in [7, 11) is -6.13. The molecule has 0 fully saturated rings. The fraction of sp³-hybridized carbons (Fsp3) is 0.750. The molecule has 0 aromatic heterocycles. The Hall–Kier alpha value is -0.729. The Morgan fingerprint density at radius 1 is 0.500 bits per heavy atom. The average Bonchev–Trinajstić information content (AvgIpc) is 2.46. The molecule has 0 spiro atoms. The van der Waals surface area contributed by atoms with Gasteiger partial charge in [0.2, 0.25) is 0 Å². The van der Waals surface area contributed by atoms with Crippen molar-refractivity contribution < 1.29 is 13.3 Å². The monoisotopic (exact) mass is 468 g/mol. The summed E-state index contributed by atoms with van der Waals surface area (Å²) >= 11 is 0. The van der Waals surface area contributed by atoms with E-state index >= 15 is 0 Å². The van der Waals surface area contributed by atoms with Crippen LogP contribution >= 0.6 is 0 Å². The van der Waals surface area contributed by atoms with Gasteiger partial charge in [0.1, 0.15) is 11.5 Å². The van der Waals surface area contributed by atoms with Crippen molar-refractivity contribution in [2.24, 2.45) is 0 Å². The topological polar surface area (TPSA) is 27.7 Å². The highest BCUT2D eigenvalue weighted by molar-refractivity contribution is 6.76. The minimum Gasteiger partial charge on any atom is -0.541 e. The van der Waals surface area contributed by atoms with E-state index in [1.165, 1.54) is 0 Å². The van der Waals surface area contributed by atoms with Crippen LogP contribution in [-0.2, 0) is 0 Å². The number of hydrogen-bond donors (Lipinski definition) is 0. The molecule has 6 heteroatoms. The van der Waals surface area contributed by atoms with Gasteiger partial charge in [-0.1, -0.05) is 68.4 Å². The zero-order chi connectivity index (χ0) is 24.0. The number of benzene rings is 1. The first kappa shape index (κ1) is 27.3. The van der Waals surface area contributed by atoms with E-state index in [9.17, 15) is 0 Å². The van der Waals surface area contributed by atoms with Crippen molar-refractivity contribution in [1.82, 2.24) is 0 Å². The van der Waals surface area contributed by atoms with Gasteiger partial charge < -0.3 is 13.3 Å².